The molecular formula is C11H15N5OS. The molecule has 96 valence electrons. The van der Waals surface area contributed by atoms with Crippen LogP contribution < -0.4 is 11.1 Å². The summed E-state index contributed by atoms with van der Waals surface area (Å²) in [6, 6.07) is 1.71. The summed E-state index contributed by atoms with van der Waals surface area (Å²) >= 11 is 1.60. The maximum Gasteiger partial charge on any atom is 0.158 e. The van der Waals surface area contributed by atoms with Crippen molar-refractivity contribution in [3.05, 3.63) is 28.5 Å². The quantitative estimate of drug-likeness (QED) is 0.819. The lowest BCUT2D eigenvalue weighted by molar-refractivity contribution is 0.178. The largest absolute Gasteiger partial charge is 0.384 e. The van der Waals surface area contributed by atoms with Crippen molar-refractivity contribution in [2.24, 2.45) is 0 Å². The molecule has 0 aliphatic rings. The van der Waals surface area contributed by atoms with Gasteiger partial charge in [-0.2, -0.15) is 0 Å². The summed E-state index contributed by atoms with van der Waals surface area (Å²) in [7, 11) is 1.60. The summed E-state index contributed by atoms with van der Waals surface area (Å²) in [5, 5.41) is 5.23. The molecule has 0 atom stereocenters. The van der Waals surface area contributed by atoms with Gasteiger partial charge in [0.25, 0.3) is 0 Å². The Morgan fingerprint density at radius 1 is 1.44 bits per heavy atom. The number of methoxy groups -OCH3 is 1. The average molecular weight is 265 g/mol. The summed E-state index contributed by atoms with van der Waals surface area (Å²) in [4.78, 5) is 12.6. The lowest BCUT2D eigenvalue weighted by atomic mass is 10.3. The van der Waals surface area contributed by atoms with Crippen LogP contribution in [-0.2, 0) is 17.8 Å². The molecule has 0 aliphatic heterocycles. The molecule has 2 aromatic rings. The highest BCUT2D eigenvalue weighted by molar-refractivity contribution is 7.07. The van der Waals surface area contributed by atoms with Crippen LogP contribution in [0.1, 0.15) is 11.5 Å². The lowest BCUT2D eigenvalue weighted by Crippen LogP contribution is -2.10. The first-order valence-electron chi connectivity index (χ1n) is 5.51. The maximum absolute atomic E-state index is 5.70. The fourth-order valence-electron chi connectivity index (χ4n) is 1.48. The van der Waals surface area contributed by atoms with Gasteiger partial charge in [0.15, 0.2) is 5.82 Å². The Morgan fingerprint density at radius 3 is 3.06 bits per heavy atom. The predicted octanol–water partition coefficient (Wildman–Crippen LogP) is 1.32. The number of nitrogens with two attached hydrogens (primary N) is 1. The zero-order chi connectivity index (χ0) is 12.8. The minimum absolute atomic E-state index is 0.353. The third-order valence-electron chi connectivity index (χ3n) is 2.24. The fourth-order valence-corrected chi connectivity index (χ4v) is 2.07. The van der Waals surface area contributed by atoms with Crippen molar-refractivity contribution in [3.8, 4) is 0 Å². The van der Waals surface area contributed by atoms with Crippen LogP contribution >= 0.6 is 11.3 Å². The summed E-state index contributed by atoms with van der Waals surface area (Å²) in [6.45, 7) is 1.11. The summed E-state index contributed by atoms with van der Waals surface area (Å²) < 4.78 is 4.98. The highest BCUT2D eigenvalue weighted by atomic mass is 32.1. The molecule has 0 aliphatic carbocycles. The second-order valence-electron chi connectivity index (χ2n) is 3.68. The van der Waals surface area contributed by atoms with Crippen molar-refractivity contribution in [2.45, 2.75) is 13.0 Å². The van der Waals surface area contributed by atoms with Gasteiger partial charge in [-0.05, 0) is 0 Å². The molecule has 18 heavy (non-hydrogen) atoms. The van der Waals surface area contributed by atoms with E-state index in [4.69, 9.17) is 10.5 Å². The summed E-state index contributed by atoms with van der Waals surface area (Å²) in [6.07, 6.45) is 0.854. The summed E-state index contributed by atoms with van der Waals surface area (Å²) in [5.41, 5.74) is 8.60. The van der Waals surface area contributed by atoms with E-state index in [0.717, 1.165) is 18.7 Å². The number of thiazole rings is 1. The molecule has 2 heterocycles. The minimum atomic E-state index is 0.353. The number of anilines is 2. The van der Waals surface area contributed by atoms with E-state index >= 15 is 0 Å². The molecule has 7 heteroatoms. The lowest BCUT2D eigenvalue weighted by Gasteiger charge is -2.07. The molecule has 0 fully saturated rings. The van der Waals surface area contributed by atoms with Gasteiger partial charge in [-0.15, -0.1) is 11.3 Å². The molecule has 0 unspecified atom stereocenters. The van der Waals surface area contributed by atoms with E-state index < -0.39 is 0 Å². The molecule has 0 saturated carbocycles. The first-order chi connectivity index (χ1) is 8.78. The van der Waals surface area contributed by atoms with E-state index in [1.54, 1.807) is 24.5 Å². The van der Waals surface area contributed by atoms with Crippen LogP contribution in [0, 0.1) is 0 Å². The molecule has 6 nitrogen and oxygen atoms in total. The van der Waals surface area contributed by atoms with E-state index in [-0.39, 0.29) is 0 Å². The second-order valence-corrected chi connectivity index (χ2v) is 4.40. The number of rotatable bonds is 6. The van der Waals surface area contributed by atoms with Crippen molar-refractivity contribution >= 4 is 23.0 Å². The molecule has 0 saturated heterocycles. The molecular weight excluding hydrogens is 250 g/mol. The standard InChI is InChI=1S/C11H15N5OS/c1-17-5-11-15-9(12)4-10(16-11)13-3-2-8-6-18-7-14-8/h4,6-7H,2-3,5H2,1H3,(H3,12,13,15,16). The van der Waals surface area contributed by atoms with Crippen LogP contribution in [-0.4, -0.2) is 28.6 Å². The molecule has 3 N–H and O–H groups in total. The van der Waals surface area contributed by atoms with Crippen LogP contribution in [0.25, 0.3) is 0 Å². The smallest absolute Gasteiger partial charge is 0.158 e. The molecule has 0 amide bonds. The van der Waals surface area contributed by atoms with Crippen molar-refractivity contribution in [1.29, 1.82) is 0 Å². The van der Waals surface area contributed by atoms with Crippen LogP contribution in [0.3, 0.4) is 0 Å². The van der Waals surface area contributed by atoms with Crippen LogP contribution in [0.5, 0.6) is 0 Å². The monoisotopic (exact) mass is 265 g/mol. The van der Waals surface area contributed by atoms with Gasteiger partial charge in [-0.25, -0.2) is 15.0 Å². The molecule has 0 radical (unpaired) electrons. The number of hydrogen-bond acceptors (Lipinski definition) is 7. The van der Waals surface area contributed by atoms with Crippen molar-refractivity contribution in [1.82, 2.24) is 15.0 Å². The van der Waals surface area contributed by atoms with Crippen LogP contribution in [0.4, 0.5) is 11.6 Å². The van der Waals surface area contributed by atoms with Gasteiger partial charge in [0.2, 0.25) is 0 Å². The Labute approximate surface area is 109 Å². The number of nitrogens with one attached hydrogen (secondary N) is 1. The molecule has 2 rings (SSSR count). The van der Waals surface area contributed by atoms with Gasteiger partial charge < -0.3 is 15.8 Å². The van der Waals surface area contributed by atoms with Crippen molar-refractivity contribution < 1.29 is 4.74 Å². The molecule has 2 aromatic heterocycles. The van der Waals surface area contributed by atoms with E-state index in [1.807, 2.05) is 10.9 Å². The Hall–Kier alpha value is -1.73. The zero-order valence-corrected chi connectivity index (χ0v) is 10.9. The molecule has 0 aromatic carbocycles. The van der Waals surface area contributed by atoms with E-state index in [2.05, 4.69) is 20.3 Å². The SMILES string of the molecule is COCc1nc(N)cc(NCCc2cscn2)n1. The van der Waals surface area contributed by atoms with Crippen molar-refractivity contribution in [3.63, 3.8) is 0 Å². The van der Waals surface area contributed by atoms with Crippen molar-refractivity contribution in [2.75, 3.05) is 24.7 Å². The second kappa shape index (κ2) is 6.27. The van der Waals surface area contributed by atoms with Gasteiger partial charge in [0.05, 0.1) is 11.2 Å². The Bertz CT molecular complexity index is 488. The normalized spacial score (nSPS) is 10.5. The first kappa shape index (κ1) is 12.7. The molecule has 0 bridgehead atoms. The number of nitrogens with zero attached hydrogens (tertiary/aromatic N) is 3. The third kappa shape index (κ3) is 3.64. The van der Waals surface area contributed by atoms with E-state index in [9.17, 15) is 0 Å². The Morgan fingerprint density at radius 2 is 2.33 bits per heavy atom. The molecule has 0 spiro atoms. The van der Waals surface area contributed by atoms with Gasteiger partial charge in [-0.1, -0.05) is 0 Å². The van der Waals surface area contributed by atoms with Gasteiger partial charge in [-0.3, -0.25) is 0 Å². The number of hydrogen-bond donors (Lipinski definition) is 2. The van der Waals surface area contributed by atoms with Gasteiger partial charge in [0, 0.05) is 31.5 Å². The maximum atomic E-state index is 5.70. The van der Waals surface area contributed by atoms with Gasteiger partial charge >= 0.3 is 0 Å². The number of aromatic nitrogens is 3. The third-order valence-corrected chi connectivity index (χ3v) is 2.87. The first-order valence-corrected chi connectivity index (χ1v) is 6.45. The minimum Gasteiger partial charge on any atom is -0.384 e. The van der Waals surface area contributed by atoms with Crippen LogP contribution in [0.2, 0.25) is 0 Å². The van der Waals surface area contributed by atoms with E-state index in [1.165, 1.54) is 0 Å². The highest BCUT2D eigenvalue weighted by Gasteiger charge is 2.02. The Balaban J connectivity index is 1.92. The zero-order valence-electron chi connectivity index (χ0n) is 10.1. The topological polar surface area (TPSA) is 86.0 Å². The average Bonchev–Trinajstić information content (AvgIpc) is 2.82. The number of nitrogen functional groups attached to an aromatic ring is 1. The Kier molecular flexibility index (Phi) is 4.43. The van der Waals surface area contributed by atoms with Gasteiger partial charge in [0.1, 0.15) is 18.2 Å². The predicted molar refractivity (Wildman–Crippen MR) is 71.5 cm³/mol. The highest BCUT2D eigenvalue weighted by Crippen LogP contribution is 2.09. The fraction of sp³-hybridized carbons (Fsp3) is 0.364. The van der Waals surface area contributed by atoms with E-state index in [0.29, 0.717) is 24.1 Å². The summed E-state index contributed by atoms with van der Waals surface area (Å²) in [5.74, 6) is 1.73. The number of ether oxygens (including phenoxy) is 1. The van der Waals surface area contributed by atoms with Crippen LogP contribution in [0.15, 0.2) is 17.0 Å².